The van der Waals surface area contributed by atoms with Gasteiger partial charge in [-0.2, -0.15) is 4.98 Å². The van der Waals surface area contributed by atoms with Crippen LogP contribution in [0.4, 0.5) is 0 Å². The molecule has 1 fully saturated rings. The number of carbonyl (C=O) groups excluding carboxylic acids is 1. The van der Waals surface area contributed by atoms with Crippen LogP contribution in [0.25, 0.3) is 0 Å². The van der Waals surface area contributed by atoms with E-state index in [4.69, 9.17) is 9.47 Å². The van der Waals surface area contributed by atoms with Gasteiger partial charge in [0.1, 0.15) is 5.82 Å². The van der Waals surface area contributed by atoms with Crippen molar-refractivity contribution in [2.24, 2.45) is 0 Å². The lowest BCUT2D eigenvalue weighted by molar-refractivity contribution is -0.150. The van der Waals surface area contributed by atoms with Crippen LogP contribution in [0.15, 0.2) is 6.07 Å². The maximum Gasteiger partial charge on any atom is 0.347 e. The second kappa shape index (κ2) is 5.33. The standard InChI is InChI=1S/C13H18N2O3/c1-4-17-13(16)9(3)18-11-7-8(2)14-12(15-11)10-5-6-10/h7,9-10H,4-6H2,1-3H3. The van der Waals surface area contributed by atoms with Gasteiger partial charge in [0.15, 0.2) is 6.10 Å². The number of ether oxygens (including phenoxy) is 2. The molecule has 1 aromatic rings. The van der Waals surface area contributed by atoms with Crippen LogP contribution in [0.3, 0.4) is 0 Å². The van der Waals surface area contributed by atoms with Crippen LogP contribution in [0, 0.1) is 6.92 Å². The zero-order valence-electron chi connectivity index (χ0n) is 11.0. The first-order chi connectivity index (χ1) is 8.60. The molecule has 0 radical (unpaired) electrons. The third-order valence-electron chi connectivity index (χ3n) is 2.71. The molecule has 1 atom stereocenters. The van der Waals surface area contributed by atoms with Gasteiger partial charge in [0.2, 0.25) is 5.88 Å². The molecule has 5 heteroatoms. The average molecular weight is 250 g/mol. The maximum absolute atomic E-state index is 11.5. The van der Waals surface area contributed by atoms with Gasteiger partial charge in [-0.1, -0.05) is 0 Å². The predicted molar refractivity (Wildman–Crippen MR) is 65.5 cm³/mol. The van der Waals surface area contributed by atoms with Gasteiger partial charge in [0.05, 0.1) is 6.61 Å². The van der Waals surface area contributed by atoms with E-state index in [9.17, 15) is 4.79 Å². The summed E-state index contributed by atoms with van der Waals surface area (Å²) in [7, 11) is 0. The van der Waals surface area contributed by atoms with Gasteiger partial charge in [-0.05, 0) is 33.6 Å². The lowest BCUT2D eigenvalue weighted by Crippen LogP contribution is -2.26. The van der Waals surface area contributed by atoms with Crippen LogP contribution in [0.5, 0.6) is 5.88 Å². The summed E-state index contributed by atoms with van der Waals surface area (Å²) in [6.45, 7) is 5.68. The molecule has 98 valence electrons. The zero-order chi connectivity index (χ0) is 13.1. The molecule has 5 nitrogen and oxygen atoms in total. The minimum absolute atomic E-state index is 0.350. The Morgan fingerprint density at radius 1 is 1.50 bits per heavy atom. The van der Waals surface area contributed by atoms with E-state index in [1.807, 2.05) is 6.92 Å². The SMILES string of the molecule is CCOC(=O)C(C)Oc1cc(C)nc(C2CC2)n1. The van der Waals surface area contributed by atoms with E-state index in [2.05, 4.69) is 9.97 Å². The van der Waals surface area contributed by atoms with Crippen LogP contribution < -0.4 is 4.74 Å². The number of aromatic nitrogens is 2. The summed E-state index contributed by atoms with van der Waals surface area (Å²) in [6, 6.07) is 1.74. The molecular weight excluding hydrogens is 232 g/mol. The molecule has 0 spiro atoms. The van der Waals surface area contributed by atoms with Gasteiger partial charge >= 0.3 is 5.97 Å². The molecule has 1 aromatic heterocycles. The number of hydrogen-bond acceptors (Lipinski definition) is 5. The van der Waals surface area contributed by atoms with Crippen molar-refractivity contribution in [1.29, 1.82) is 0 Å². The maximum atomic E-state index is 11.5. The highest BCUT2D eigenvalue weighted by Gasteiger charge is 2.27. The molecule has 0 aromatic carbocycles. The molecule has 1 aliphatic rings. The molecule has 2 rings (SSSR count). The van der Waals surface area contributed by atoms with Crippen molar-refractivity contribution in [3.05, 3.63) is 17.6 Å². The molecule has 1 heterocycles. The number of esters is 1. The number of aryl methyl sites for hydroxylation is 1. The molecule has 0 amide bonds. The number of hydrogen-bond donors (Lipinski definition) is 0. The van der Waals surface area contributed by atoms with Gasteiger partial charge in [0, 0.05) is 17.7 Å². The van der Waals surface area contributed by atoms with Crippen LogP contribution in [-0.4, -0.2) is 28.6 Å². The second-order valence-electron chi connectivity index (χ2n) is 4.49. The van der Waals surface area contributed by atoms with Crippen molar-refractivity contribution in [1.82, 2.24) is 9.97 Å². The third kappa shape index (κ3) is 3.18. The van der Waals surface area contributed by atoms with Gasteiger partial charge in [0.25, 0.3) is 0 Å². The third-order valence-corrected chi connectivity index (χ3v) is 2.71. The van der Waals surface area contributed by atoms with Crippen molar-refractivity contribution in [2.45, 2.75) is 45.6 Å². The van der Waals surface area contributed by atoms with Crippen molar-refractivity contribution < 1.29 is 14.3 Å². The van der Waals surface area contributed by atoms with Gasteiger partial charge < -0.3 is 9.47 Å². The van der Waals surface area contributed by atoms with Crippen molar-refractivity contribution >= 4 is 5.97 Å². The summed E-state index contributed by atoms with van der Waals surface area (Å²) in [6.07, 6.45) is 1.62. The first-order valence-electron chi connectivity index (χ1n) is 6.29. The Kier molecular flexibility index (Phi) is 3.79. The van der Waals surface area contributed by atoms with Crippen LogP contribution in [0.1, 0.15) is 44.1 Å². The molecule has 0 bridgehead atoms. The van der Waals surface area contributed by atoms with Gasteiger partial charge in [-0.3, -0.25) is 0 Å². The molecule has 0 saturated heterocycles. The molecule has 1 unspecified atom stereocenters. The first-order valence-corrected chi connectivity index (χ1v) is 6.29. The monoisotopic (exact) mass is 250 g/mol. The molecule has 1 saturated carbocycles. The zero-order valence-corrected chi connectivity index (χ0v) is 11.0. The van der Waals surface area contributed by atoms with E-state index in [1.165, 1.54) is 0 Å². The number of rotatable bonds is 5. The lowest BCUT2D eigenvalue weighted by atomic mass is 10.3. The molecule has 1 aliphatic carbocycles. The molecule has 18 heavy (non-hydrogen) atoms. The highest BCUT2D eigenvalue weighted by atomic mass is 16.6. The molecule has 0 aliphatic heterocycles. The predicted octanol–water partition coefficient (Wildman–Crippen LogP) is 1.99. The molecular formula is C13H18N2O3. The van der Waals surface area contributed by atoms with Crippen LogP contribution in [-0.2, 0) is 9.53 Å². The van der Waals surface area contributed by atoms with Crippen molar-refractivity contribution in [3.63, 3.8) is 0 Å². The highest BCUT2D eigenvalue weighted by Crippen LogP contribution is 2.38. The van der Waals surface area contributed by atoms with E-state index in [0.29, 0.717) is 18.4 Å². The van der Waals surface area contributed by atoms with Crippen molar-refractivity contribution in [3.8, 4) is 5.88 Å². The van der Waals surface area contributed by atoms with E-state index in [1.54, 1.807) is 19.9 Å². The average Bonchev–Trinajstić information content (AvgIpc) is 3.12. The minimum atomic E-state index is -0.647. The Balaban J connectivity index is 2.06. The number of nitrogens with zero attached hydrogens (tertiary/aromatic N) is 2. The van der Waals surface area contributed by atoms with E-state index in [-0.39, 0.29) is 5.97 Å². The van der Waals surface area contributed by atoms with Gasteiger partial charge in [-0.25, -0.2) is 9.78 Å². The Bertz CT molecular complexity index is 444. The lowest BCUT2D eigenvalue weighted by Gasteiger charge is -2.13. The summed E-state index contributed by atoms with van der Waals surface area (Å²) in [4.78, 5) is 20.2. The van der Waals surface area contributed by atoms with Crippen LogP contribution >= 0.6 is 0 Å². The molecule has 0 N–H and O–H groups in total. The Labute approximate surface area is 107 Å². The largest absolute Gasteiger partial charge is 0.463 e. The summed E-state index contributed by atoms with van der Waals surface area (Å²) >= 11 is 0. The normalized spacial score (nSPS) is 16.2. The first kappa shape index (κ1) is 12.8. The highest BCUT2D eigenvalue weighted by molar-refractivity contribution is 5.74. The van der Waals surface area contributed by atoms with Crippen molar-refractivity contribution in [2.75, 3.05) is 6.61 Å². The van der Waals surface area contributed by atoms with Gasteiger partial charge in [-0.15, -0.1) is 0 Å². The summed E-state index contributed by atoms with van der Waals surface area (Å²) in [5.74, 6) is 1.36. The second-order valence-corrected chi connectivity index (χ2v) is 4.49. The number of carbonyl (C=O) groups is 1. The van der Waals surface area contributed by atoms with E-state index >= 15 is 0 Å². The summed E-state index contributed by atoms with van der Waals surface area (Å²) in [5.41, 5.74) is 0.859. The fourth-order valence-electron chi connectivity index (χ4n) is 1.64. The topological polar surface area (TPSA) is 61.3 Å². The Morgan fingerprint density at radius 3 is 2.83 bits per heavy atom. The van der Waals surface area contributed by atoms with Crippen LogP contribution in [0.2, 0.25) is 0 Å². The minimum Gasteiger partial charge on any atom is -0.463 e. The van der Waals surface area contributed by atoms with E-state index in [0.717, 1.165) is 24.4 Å². The summed E-state index contributed by atoms with van der Waals surface area (Å²) < 4.78 is 10.4. The smallest absolute Gasteiger partial charge is 0.347 e. The Hall–Kier alpha value is -1.65. The quantitative estimate of drug-likeness (QED) is 0.748. The van der Waals surface area contributed by atoms with E-state index < -0.39 is 6.10 Å². The Morgan fingerprint density at radius 2 is 2.22 bits per heavy atom. The summed E-state index contributed by atoms with van der Waals surface area (Å²) in [5, 5.41) is 0. The fourth-order valence-corrected chi connectivity index (χ4v) is 1.64. The fraction of sp³-hybridized carbons (Fsp3) is 0.615.